The average molecular weight is 535 g/mol. The molecule has 0 saturated heterocycles. The Labute approximate surface area is 199 Å². The quantitative estimate of drug-likeness (QED) is 0.328. The van der Waals surface area contributed by atoms with Crippen LogP contribution in [0.1, 0.15) is 5.69 Å². The summed E-state index contributed by atoms with van der Waals surface area (Å²) in [5, 5.41) is 13.1. The zero-order chi connectivity index (χ0) is 23.4. The molecule has 10 nitrogen and oxygen atoms in total. The van der Waals surface area contributed by atoms with Crippen LogP contribution in [0, 0.1) is 6.92 Å². The summed E-state index contributed by atoms with van der Waals surface area (Å²) in [6.07, 6.45) is 1.48. The molecule has 2 aromatic carbocycles. The van der Waals surface area contributed by atoms with Crippen LogP contribution in [0.2, 0.25) is 0 Å². The van der Waals surface area contributed by atoms with Crippen LogP contribution in [-0.4, -0.2) is 52.6 Å². The van der Waals surface area contributed by atoms with E-state index in [-0.39, 0.29) is 19.4 Å². The molecule has 12 heteroatoms. The first-order valence-corrected chi connectivity index (χ1v) is 13.4. The number of fused-ring (bicyclic) bond motifs is 4. The molecule has 0 unspecified atom stereocenters. The minimum absolute atomic E-state index is 0.0468. The summed E-state index contributed by atoms with van der Waals surface area (Å²) < 4.78 is 26.6. The van der Waals surface area contributed by atoms with Gasteiger partial charge >= 0.3 is 200 Å². The molecule has 0 saturated carbocycles. The third-order valence-electron chi connectivity index (χ3n) is 5.31. The first kappa shape index (κ1) is 20.9. The van der Waals surface area contributed by atoms with Crippen molar-refractivity contribution in [1.29, 1.82) is 0 Å². The molecule has 0 spiro atoms. The van der Waals surface area contributed by atoms with E-state index in [1.165, 1.54) is 18.5 Å². The van der Waals surface area contributed by atoms with E-state index < -0.39 is 10.0 Å². The number of nitrogens with zero attached hydrogens (tertiary/aromatic N) is 6. The van der Waals surface area contributed by atoms with Crippen LogP contribution in [-0.2, 0) is 10.0 Å². The molecule has 0 radical (unpaired) electrons. The van der Waals surface area contributed by atoms with Crippen molar-refractivity contribution in [2.75, 3.05) is 5.32 Å². The summed E-state index contributed by atoms with van der Waals surface area (Å²) in [4.78, 5) is 18.8. The van der Waals surface area contributed by atoms with Gasteiger partial charge in [0.05, 0.1) is 0 Å². The number of rotatable bonds is 4. The summed E-state index contributed by atoms with van der Waals surface area (Å²) in [5.74, 6) is 0.638. The molecule has 0 bridgehead atoms. The number of anilines is 2. The number of aryl methyl sites for hydroxylation is 1. The van der Waals surface area contributed by atoms with Gasteiger partial charge in [-0.15, -0.1) is 0 Å². The van der Waals surface area contributed by atoms with E-state index in [1.54, 1.807) is 12.1 Å². The normalized spacial score (nSPS) is 12.1. The minimum atomic E-state index is -3.75. The van der Waals surface area contributed by atoms with Gasteiger partial charge in [-0.3, -0.25) is 0 Å². The number of benzene rings is 2. The van der Waals surface area contributed by atoms with Gasteiger partial charge in [0.15, 0.2) is 0 Å². The molecule has 0 amide bonds. The number of primary sulfonamides is 1. The molecule has 0 aliphatic carbocycles. The van der Waals surface area contributed by atoms with E-state index >= 15 is 0 Å². The fourth-order valence-corrected chi connectivity index (χ4v) is 6.35. The van der Waals surface area contributed by atoms with E-state index in [1.807, 2.05) is 41.9 Å². The fourth-order valence-electron chi connectivity index (χ4n) is 3.71. The van der Waals surface area contributed by atoms with Gasteiger partial charge in [-0.1, -0.05) is 0 Å². The Morgan fingerprint density at radius 1 is 0.941 bits per heavy atom. The molecule has 6 rings (SSSR count). The predicted octanol–water partition coefficient (Wildman–Crippen LogP) is 2.67. The molecule has 0 aliphatic heterocycles. The van der Waals surface area contributed by atoms with E-state index in [0.717, 1.165) is 36.6 Å². The third kappa shape index (κ3) is 3.44. The maximum atomic E-state index is 11.5. The van der Waals surface area contributed by atoms with Gasteiger partial charge in [-0.2, -0.15) is 0 Å². The summed E-state index contributed by atoms with van der Waals surface area (Å²) in [6, 6.07) is 16.0. The van der Waals surface area contributed by atoms with Crippen molar-refractivity contribution >= 4 is 66.9 Å². The van der Waals surface area contributed by atoms with E-state index in [9.17, 15) is 8.42 Å². The summed E-state index contributed by atoms with van der Waals surface area (Å²) in [6.45, 7) is 1.92. The van der Waals surface area contributed by atoms with Gasteiger partial charge in [-0.05, 0) is 0 Å². The Morgan fingerprint density at radius 2 is 1.71 bits per heavy atom. The fraction of sp³-hybridized carbons (Fsp3) is 0.0455. The molecule has 34 heavy (non-hydrogen) atoms. The molecule has 4 heterocycles. The Bertz CT molecular complexity index is 1810. The van der Waals surface area contributed by atoms with Gasteiger partial charge in [0.1, 0.15) is 0 Å². The number of hydrogen-bond acceptors (Lipinski definition) is 8. The van der Waals surface area contributed by atoms with E-state index in [4.69, 9.17) is 15.1 Å². The maximum absolute atomic E-state index is 11.5. The SMILES string of the molecule is Cc1nn(-c2ccccc2)c2nc3[se]c4c(Nc5ccc(S(N)(=O)=O)cc5)ncnc4c3nc12. The first-order chi connectivity index (χ1) is 16.4. The third-order valence-corrected chi connectivity index (χ3v) is 8.48. The topological polar surface area (TPSA) is 142 Å². The molecular formula is C22H16N8O2SSe. The zero-order valence-electron chi connectivity index (χ0n) is 17.7. The Balaban J connectivity index is 1.48. The van der Waals surface area contributed by atoms with Gasteiger partial charge in [-0.25, -0.2) is 0 Å². The Morgan fingerprint density at radius 3 is 2.44 bits per heavy atom. The van der Waals surface area contributed by atoms with E-state index in [2.05, 4.69) is 20.4 Å². The molecule has 3 N–H and O–H groups in total. The molecule has 168 valence electrons. The molecule has 0 fully saturated rings. The van der Waals surface area contributed by atoms with Crippen LogP contribution in [0.4, 0.5) is 11.5 Å². The molecule has 6 aromatic rings. The van der Waals surface area contributed by atoms with Crippen molar-refractivity contribution in [2.45, 2.75) is 11.8 Å². The number of nitrogens with one attached hydrogen (secondary N) is 1. The zero-order valence-corrected chi connectivity index (χ0v) is 20.2. The van der Waals surface area contributed by atoms with Crippen molar-refractivity contribution in [3.05, 3.63) is 66.6 Å². The summed E-state index contributed by atoms with van der Waals surface area (Å²) in [5.41, 5.74) is 5.32. The van der Waals surface area contributed by atoms with Gasteiger partial charge in [0.2, 0.25) is 0 Å². The first-order valence-electron chi connectivity index (χ1n) is 10.1. The van der Waals surface area contributed by atoms with Gasteiger partial charge in [0, 0.05) is 0 Å². The van der Waals surface area contributed by atoms with Crippen LogP contribution >= 0.6 is 0 Å². The summed E-state index contributed by atoms with van der Waals surface area (Å²) >= 11 is -0.185. The second-order valence-corrected chi connectivity index (χ2v) is 11.2. The number of hydrogen-bond donors (Lipinski definition) is 2. The van der Waals surface area contributed by atoms with Crippen LogP contribution < -0.4 is 10.5 Å². The van der Waals surface area contributed by atoms with Crippen LogP contribution in [0.15, 0.2) is 65.8 Å². The van der Waals surface area contributed by atoms with Crippen molar-refractivity contribution < 1.29 is 8.42 Å². The van der Waals surface area contributed by atoms with Crippen LogP contribution in [0.25, 0.3) is 36.5 Å². The van der Waals surface area contributed by atoms with E-state index in [0.29, 0.717) is 17.2 Å². The van der Waals surface area contributed by atoms with Crippen molar-refractivity contribution in [3.8, 4) is 5.69 Å². The molecule has 0 aliphatic rings. The van der Waals surface area contributed by atoms with Crippen molar-refractivity contribution in [1.82, 2.24) is 29.7 Å². The second-order valence-electron chi connectivity index (χ2n) is 7.58. The number of nitrogens with two attached hydrogens (primary N) is 1. The molecule has 4 aromatic heterocycles. The average Bonchev–Trinajstić information content (AvgIpc) is 3.36. The number of para-hydroxylation sites is 1. The van der Waals surface area contributed by atoms with Gasteiger partial charge < -0.3 is 0 Å². The predicted molar refractivity (Wildman–Crippen MR) is 130 cm³/mol. The van der Waals surface area contributed by atoms with Crippen LogP contribution in [0.3, 0.4) is 0 Å². The summed E-state index contributed by atoms with van der Waals surface area (Å²) in [7, 11) is -3.75. The second kappa shape index (κ2) is 7.67. The van der Waals surface area contributed by atoms with Gasteiger partial charge in [0.25, 0.3) is 0 Å². The number of sulfonamides is 1. The Kier molecular flexibility index (Phi) is 4.71. The molecule has 0 atom stereocenters. The standard InChI is InChI=1S/C22H16N8O2SSe/c1-12-16-21(30(29-12)14-5-3-2-4-6-14)28-22-18(27-16)17-19(34-22)20(25-11-24-17)26-13-7-9-15(10-8-13)33(23,31)32/h2-11H,1H3,(H2,23,31,32)(H,24,25,26). The van der Waals surface area contributed by atoms with Crippen LogP contribution in [0.5, 0.6) is 0 Å². The van der Waals surface area contributed by atoms with Crippen molar-refractivity contribution in [2.24, 2.45) is 5.14 Å². The number of aromatic nitrogens is 6. The molecular weight excluding hydrogens is 519 g/mol. The monoisotopic (exact) mass is 536 g/mol. The van der Waals surface area contributed by atoms with Crippen molar-refractivity contribution in [3.63, 3.8) is 0 Å². The Hall–Kier alpha value is -3.70.